The lowest BCUT2D eigenvalue weighted by atomic mass is 9.66. The molecule has 0 radical (unpaired) electrons. The first-order chi connectivity index (χ1) is 28.3. The fourth-order valence-electron chi connectivity index (χ4n) is 10.2. The van der Waals surface area contributed by atoms with E-state index in [0.717, 1.165) is 41.4 Å². The summed E-state index contributed by atoms with van der Waals surface area (Å²) < 4.78 is 0. The summed E-state index contributed by atoms with van der Waals surface area (Å²) in [6.07, 6.45) is 5.34. The second kappa shape index (κ2) is 13.3. The first-order valence-corrected chi connectivity index (χ1v) is 19.9. The number of rotatable bonds is 5. The first-order valence-electron chi connectivity index (χ1n) is 19.9. The van der Waals surface area contributed by atoms with Crippen LogP contribution in [0.25, 0.3) is 61.2 Å². The van der Waals surface area contributed by atoms with Crippen molar-refractivity contribution < 1.29 is 4.79 Å². The molecule has 0 heterocycles. The Morgan fingerprint density at radius 2 is 0.807 bits per heavy atom. The fourth-order valence-corrected chi connectivity index (χ4v) is 10.2. The van der Waals surface area contributed by atoms with Gasteiger partial charge in [-0.1, -0.05) is 200 Å². The summed E-state index contributed by atoms with van der Waals surface area (Å²) in [4.78, 5) is 11.9. The molecule has 3 aliphatic rings. The van der Waals surface area contributed by atoms with Crippen LogP contribution in [0.4, 0.5) is 0 Å². The number of hydrogen-bond donors (Lipinski definition) is 0. The van der Waals surface area contributed by atoms with Crippen molar-refractivity contribution in [2.24, 2.45) is 0 Å². The van der Waals surface area contributed by atoms with E-state index in [9.17, 15) is 4.79 Å². The van der Waals surface area contributed by atoms with Gasteiger partial charge in [0.25, 0.3) is 0 Å². The average molecular weight is 727 g/mol. The van der Waals surface area contributed by atoms with Crippen LogP contribution in [-0.2, 0) is 5.41 Å². The smallest absolute Gasteiger partial charge is 0.150 e. The third kappa shape index (κ3) is 4.99. The minimum Gasteiger partial charge on any atom is -0.298 e. The molecule has 0 saturated carbocycles. The third-order valence-electron chi connectivity index (χ3n) is 12.5. The lowest BCUT2D eigenvalue weighted by Crippen LogP contribution is -2.27. The SMILES string of the molecule is O=Cc1ccccc1-c1ccccc1-c1ccc(-c2ccc(/C3=C\CCC4=C(c5ccccc53)C3(c5ccccc54)c4ccccc4-c4ccccc43)cc2)cc1. The minimum atomic E-state index is -0.383. The van der Waals surface area contributed by atoms with Crippen molar-refractivity contribution in [3.05, 3.63) is 245 Å². The molecule has 3 aliphatic carbocycles. The summed E-state index contributed by atoms with van der Waals surface area (Å²) in [5.74, 6) is 0. The molecule has 8 aromatic carbocycles. The van der Waals surface area contributed by atoms with Crippen molar-refractivity contribution in [1.29, 1.82) is 0 Å². The van der Waals surface area contributed by atoms with Gasteiger partial charge in [-0.05, 0) is 113 Å². The van der Waals surface area contributed by atoms with Crippen LogP contribution in [0.2, 0.25) is 0 Å². The summed E-state index contributed by atoms with van der Waals surface area (Å²) in [5, 5.41) is 0. The normalized spacial score (nSPS) is 15.3. The summed E-state index contributed by atoms with van der Waals surface area (Å²) in [5.41, 5.74) is 23.1. The maximum absolute atomic E-state index is 11.9. The van der Waals surface area contributed by atoms with Gasteiger partial charge < -0.3 is 0 Å². The van der Waals surface area contributed by atoms with E-state index in [1.165, 1.54) is 77.9 Å². The van der Waals surface area contributed by atoms with Gasteiger partial charge in [0.2, 0.25) is 0 Å². The van der Waals surface area contributed by atoms with E-state index in [2.05, 4.69) is 170 Å². The van der Waals surface area contributed by atoms with Gasteiger partial charge in [-0.15, -0.1) is 0 Å². The van der Waals surface area contributed by atoms with E-state index >= 15 is 0 Å². The molecule has 57 heavy (non-hydrogen) atoms. The zero-order valence-corrected chi connectivity index (χ0v) is 31.5. The van der Waals surface area contributed by atoms with Gasteiger partial charge in [-0.3, -0.25) is 4.79 Å². The average Bonchev–Trinajstić information content (AvgIpc) is 3.74. The van der Waals surface area contributed by atoms with Gasteiger partial charge in [0.1, 0.15) is 0 Å². The Morgan fingerprint density at radius 1 is 0.368 bits per heavy atom. The molecule has 0 N–H and O–H groups in total. The second-order valence-electron chi connectivity index (χ2n) is 15.3. The van der Waals surface area contributed by atoms with E-state index in [-0.39, 0.29) is 5.41 Å². The molecule has 1 spiro atoms. The van der Waals surface area contributed by atoms with Gasteiger partial charge in [-0.25, -0.2) is 0 Å². The highest BCUT2D eigenvalue weighted by Gasteiger charge is 2.53. The van der Waals surface area contributed by atoms with E-state index in [1.807, 2.05) is 30.3 Å². The highest BCUT2D eigenvalue weighted by atomic mass is 16.1. The highest BCUT2D eigenvalue weighted by Crippen LogP contribution is 2.65. The topological polar surface area (TPSA) is 17.1 Å². The van der Waals surface area contributed by atoms with Crippen LogP contribution in [-0.4, -0.2) is 6.29 Å². The number of benzene rings is 8. The number of hydrogen-bond acceptors (Lipinski definition) is 1. The van der Waals surface area contributed by atoms with Gasteiger partial charge in [-0.2, -0.15) is 0 Å². The van der Waals surface area contributed by atoms with Crippen molar-refractivity contribution in [3.8, 4) is 44.5 Å². The molecule has 1 nitrogen and oxygen atoms in total. The van der Waals surface area contributed by atoms with Crippen LogP contribution in [0.1, 0.15) is 62.1 Å². The Kier molecular flexibility index (Phi) is 7.76. The van der Waals surface area contributed by atoms with Crippen LogP contribution in [0, 0.1) is 0 Å². The maximum atomic E-state index is 11.9. The fraction of sp³-hybridized carbons (Fsp3) is 0.0536. The number of carbonyl (C=O) groups is 1. The third-order valence-corrected chi connectivity index (χ3v) is 12.5. The maximum Gasteiger partial charge on any atom is 0.150 e. The molecule has 268 valence electrons. The van der Waals surface area contributed by atoms with Crippen molar-refractivity contribution >= 4 is 23.0 Å². The summed E-state index contributed by atoms with van der Waals surface area (Å²) in [7, 11) is 0. The Balaban J connectivity index is 0.981. The quantitative estimate of drug-likeness (QED) is 0.161. The Hall–Kier alpha value is -7.09. The standard InChI is InChI=1S/C56H38O/c57-36-41-14-1-2-16-44(41)45-17-4-3-15-42(45)39-32-28-37(29-33-39)38-30-34-40(35-31-38)43-23-13-24-51-49-21-9-12-27-54(49)56(55(51)50-22-6-5-18-46(43)50)52-25-10-7-19-47(52)48-20-8-11-26-53(48)56/h1-12,14-23,25-36H,13,24H2/b43-23+. The van der Waals surface area contributed by atoms with Crippen molar-refractivity contribution in [1.82, 2.24) is 0 Å². The summed E-state index contributed by atoms with van der Waals surface area (Å²) >= 11 is 0. The highest BCUT2D eigenvalue weighted by molar-refractivity contribution is 6.11. The molecule has 0 unspecified atom stereocenters. The Morgan fingerprint density at radius 3 is 1.42 bits per heavy atom. The van der Waals surface area contributed by atoms with Gasteiger partial charge >= 0.3 is 0 Å². The molecule has 8 aromatic rings. The molecule has 1 heteroatoms. The second-order valence-corrected chi connectivity index (χ2v) is 15.3. The van der Waals surface area contributed by atoms with Crippen LogP contribution >= 0.6 is 0 Å². The van der Waals surface area contributed by atoms with Crippen LogP contribution < -0.4 is 0 Å². The largest absolute Gasteiger partial charge is 0.298 e. The molecule has 0 atom stereocenters. The van der Waals surface area contributed by atoms with E-state index < -0.39 is 0 Å². The molecule has 0 aromatic heterocycles. The molecule has 0 aliphatic heterocycles. The van der Waals surface area contributed by atoms with Crippen molar-refractivity contribution in [3.63, 3.8) is 0 Å². The zero-order chi connectivity index (χ0) is 37.9. The van der Waals surface area contributed by atoms with E-state index in [1.54, 1.807) is 0 Å². The van der Waals surface area contributed by atoms with Gasteiger partial charge in [0.05, 0.1) is 5.41 Å². The summed E-state index contributed by atoms with van der Waals surface area (Å²) in [6, 6.07) is 70.5. The Labute approximate surface area is 334 Å². The molecular formula is C56H38O. The molecular weight excluding hydrogens is 689 g/mol. The number of fused-ring (bicyclic) bond motifs is 11. The lowest BCUT2D eigenvalue weighted by molar-refractivity contribution is 0.112. The van der Waals surface area contributed by atoms with E-state index in [4.69, 9.17) is 0 Å². The molecule has 11 rings (SSSR count). The predicted octanol–water partition coefficient (Wildman–Crippen LogP) is 14.0. The van der Waals surface area contributed by atoms with Crippen LogP contribution in [0.15, 0.2) is 200 Å². The zero-order valence-electron chi connectivity index (χ0n) is 31.5. The minimum absolute atomic E-state index is 0.383. The Bertz CT molecular complexity index is 2910. The molecule has 0 fully saturated rings. The van der Waals surface area contributed by atoms with Crippen molar-refractivity contribution in [2.45, 2.75) is 18.3 Å². The van der Waals surface area contributed by atoms with E-state index in [0.29, 0.717) is 5.56 Å². The lowest BCUT2D eigenvalue weighted by Gasteiger charge is -2.34. The number of aldehydes is 1. The van der Waals surface area contributed by atoms with Crippen molar-refractivity contribution in [2.75, 3.05) is 0 Å². The molecule has 0 amide bonds. The summed E-state index contributed by atoms with van der Waals surface area (Å²) in [6.45, 7) is 0. The number of carbonyl (C=O) groups excluding carboxylic acids is 1. The first kappa shape index (κ1) is 33.3. The molecule has 0 saturated heterocycles. The van der Waals surface area contributed by atoms with Gasteiger partial charge in [0, 0.05) is 5.56 Å². The van der Waals surface area contributed by atoms with Crippen LogP contribution in [0.3, 0.4) is 0 Å². The van der Waals surface area contributed by atoms with Gasteiger partial charge in [0.15, 0.2) is 6.29 Å². The monoisotopic (exact) mass is 726 g/mol. The number of allylic oxidation sites excluding steroid dienone is 3. The van der Waals surface area contributed by atoms with Crippen LogP contribution in [0.5, 0.6) is 0 Å². The molecule has 0 bridgehead atoms. The predicted molar refractivity (Wildman–Crippen MR) is 236 cm³/mol.